The van der Waals surface area contributed by atoms with E-state index in [1.54, 1.807) is 16.2 Å². The van der Waals surface area contributed by atoms with E-state index in [-0.39, 0.29) is 24.0 Å². The molecule has 2 N–H and O–H groups in total. The van der Waals surface area contributed by atoms with Gasteiger partial charge in [-0.2, -0.15) is 0 Å². The highest BCUT2D eigenvalue weighted by molar-refractivity contribution is 7.89. The molecule has 2 rings (SSSR count). The highest BCUT2D eigenvalue weighted by atomic mass is 32.2. The van der Waals surface area contributed by atoms with Gasteiger partial charge in [-0.25, -0.2) is 18.5 Å². The number of hydrogen-bond acceptors (Lipinski definition) is 5. The van der Waals surface area contributed by atoms with E-state index in [1.807, 2.05) is 5.38 Å². The summed E-state index contributed by atoms with van der Waals surface area (Å²) in [6.07, 6.45) is 1.90. The van der Waals surface area contributed by atoms with Crippen LogP contribution in [0.25, 0.3) is 0 Å². The SMILES string of the molecule is CCc1nc(CCN2CC(CS(N)(=O)=O)CC2=O)cs1. The average molecular weight is 317 g/mol. The summed E-state index contributed by atoms with van der Waals surface area (Å²) in [5.41, 5.74) is 0.995. The molecule has 1 saturated heterocycles. The Labute approximate surface area is 123 Å². The maximum Gasteiger partial charge on any atom is 0.222 e. The zero-order valence-corrected chi connectivity index (χ0v) is 13.0. The number of carbonyl (C=O) groups is 1. The summed E-state index contributed by atoms with van der Waals surface area (Å²) in [7, 11) is -3.51. The fraction of sp³-hybridized carbons (Fsp3) is 0.667. The number of nitrogens with two attached hydrogens (primary N) is 1. The van der Waals surface area contributed by atoms with Crippen LogP contribution in [0.4, 0.5) is 0 Å². The Morgan fingerprint density at radius 1 is 1.55 bits per heavy atom. The van der Waals surface area contributed by atoms with Crippen LogP contribution < -0.4 is 5.14 Å². The fourth-order valence-electron chi connectivity index (χ4n) is 2.39. The number of nitrogens with zero attached hydrogens (tertiary/aromatic N) is 2. The zero-order valence-electron chi connectivity index (χ0n) is 11.4. The molecule has 1 unspecified atom stereocenters. The van der Waals surface area contributed by atoms with E-state index < -0.39 is 10.0 Å². The molecule has 1 amide bonds. The van der Waals surface area contributed by atoms with Crippen LogP contribution in [0.5, 0.6) is 0 Å². The first-order chi connectivity index (χ1) is 9.37. The molecule has 1 aromatic heterocycles. The summed E-state index contributed by atoms with van der Waals surface area (Å²) in [5, 5.41) is 8.14. The van der Waals surface area contributed by atoms with Gasteiger partial charge >= 0.3 is 0 Å². The molecular weight excluding hydrogens is 298 g/mol. The van der Waals surface area contributed by atoms with Gasteiger partial charge in [-0.1, -0.05) is 6.92 Å². The molecule has 8 heteroatoms. The summed E-state index contributed by atoms with van der Waals surface area (Å²) in [6.45, 7) is 3.12. The van der Waals surface area contributed by atoms with Crippen molar-refractivity contribution in [2.75, 3.05) is 18.8 Å². The molecule has 6 nitrogen and oxygen atoms in total. The predicted octanol–water partition coefficient (Wildman–Crippen LogP) is 0.385. The van der Waals surface area contributed by atoms with Crippen molar-refractivity contribution in [2.45, 2.75) is 26.2 Å². The molecule has 0 radical (unpaired) electrons. The van der Waals surface area contributed by atoms with E-state index >= 15 is 0 Å². The Morgan fingerprint density at radius 3 is 2.90 bits per heavy atom. The molecule has 0 aromatic carbocycles. The number of aryl methyl sites for hydroxylation is 1. The van der Waals surface area contributed by atoms with Crippen molar-refractivity contribution in [3.63, 3.8) is 0 Å². The summed E-state index contributed by atoms with van der Waals surface area (Å²) in [6, 6.07) is 0. The molecule has 2 heterocycles. The lowest BCUT2D eigenvalue weighted by molar-refractivity contribution is -0.127. The van der Waals surface area contributed by atoms with Gasteiger partial charge in [0.15, 0.2) is 0 Å². The first-order valence-corrected chi connectivity index (χ1v) is 9.18. The maximum atomic E-state index is 11.8. The van der Waals surface area contributed by atoms with Crippen LogP contribution >= 0.6 is 11.3 Å². The Morgan fingerprint density at radius 2 is 2.30 bits per heavy atom. The highest BCUT2D eigenvalue weighted by Crippen LogP contribution is 2.19. The third-order valence-corrected chi connectivity index (χ3v) is 5.28. The first kappa shape index (κ1) is 15.4. The third kappa shape index (κ3) is 4.26. The predicted molar refractivity (Wildman–Crippen MR) is 77.9 cm³/mol. The lowest BCUT2D eigenvalue weighted by atomic mass is 10.1. The summed E-state index contributed by atoms with van der Waals surface area (Å²) < 4.78 is 22.1. The van der Waals surface area contributed by atoms with Gasteiger partial charge in [-0.05, 0) is 6.42 Å². The number of rotatable bonds is 6. The minimum Gasteiger partial charge on any atom is -0.342 e. The van der Waals surface area contributed by atoms with Crippen molar-refractivity contribution in [1.82, 2.24) is 9.88 Å². The van der Waals surface area contributed by atoms with E-state index in [9.17, 15) is 13.2 Å². The number of amides is 1. The standard InChI is InChI=1S/C12H19N3O3S2/c1-2-11-14-10(7-19-11)3-4-15-6-9(5-12(15)16)8-20(13,17)18/h7,9H,2-6,8H2,1H3,(H2,13,17,18). The highest BCUT2D eigenvalue weighted by Gasteiger charge is 2.31. The van der Waals surface area contributed by atoms with Crippen LogP contribution in [0, 0.1) is 5.92 Å². The van der Waals surface area contributed by atoms with E-state index in [0.29, 0.717) is 19.5 Å². The largest absolute Gasteiger partial charge is 0.342 e. The smallest absolute Gasteiger partial charge is 0.222 e. The second-order valence-corrected chi connectivity index (χ2v) is 7.68. The second kappa shape index (κ2) is 6.19. The molecule has 0 aliphatic carbocycles. The number of carbonyl (C=O) groups excluding carboxylic acids is 1. The molecular formula is C12H19N3O3S2. The fourth-order valence-corrected chi connectivity index (χ4v) is 4.05. The van der Waals surface area contributed by atoms with Gasteiger partial charge in [0.2, 0.25) is 15.9 Å². The van der Waals surface area contributed by atoms with Crippen LogP contribution in [0.15, 0.2) is 5.38 Å². The topological polar surface area (TPSA) is 93.4 Å². The molecule has 1 fully saturated rings. The number of sulfonamides is 1. The molecule has 1 aromatic rings. The second-order valence-electron chi connectivity index (χ2n) is 5.08. The lowest BCUT2D eigenvalue weighted by Crippen LogP contribution is -2.29. The van der Waals surface area contributed by atoms with E-state index in [2.05, 4.69) is 11.9 Å². The summed E-state index contributed by atoms with van der Waals surface area (Å²) >= 11 is 1.63. The van der Waals surface area contributed by atoms with E-state index in [4.69, 9.17) is 5.14 Å². The van der Waals surface area contributed by atoms with Crippen molar-refractivity contribution in [3.05, 3.63) is 16.1 Å². The number of thiazole rings is 1. The van der Waals surface area contributed by atoms with Crippen LogP contribution in [0.2, 0.25) is 0 Å². The minimum atomic E-state index is -3.51. The molecule has 20 heavy (non-hydrogen) atoms. The van der Waals surface area contributed by atoms with Crippen molar-refractivity contribution in [2.24, 2.45) is 11.1 Å². The Hall–Kier alpha value is -0.990. The quantitative estimate of drug-likeness (QED) is 0.821. The molecule has 1 atom stereocenters. The lowest BCUT2D eigenvalue weighted by Gasteiger charge is -2.15. The number of aromatic nitrogens is 1. The number of hydrogen-bond donors (Lipinski definition) is 1. The van der Waals surface area contributed by atoms with Gasteiger partial charge in [0, 0.05) is 37.2 Å². The van der Waals surface area contributed by atoms with Gasteiger partial charge in [0.05, 0.1) is 16.5 Å². The van der Waals surface area contributed by atoms with Crippen LogP contribution in [0.1, 0.15) is 24.0 Å². The van der Waals surface area contributed by atoms with E-state index in [1.165, 1.54) is 0 Å². The van der Waals surface area contributed by atoms with Crippen LogP contribution in [-0.4, -0.2) is 43.1 Å². The monoisotopic (exact) mass is 317 g/mol. The third-order valence-electron chi connectivity index (χ3n) is 3.30. The Kier molecular flexibility index (Phi) is 4.77. The van der Waals surface area contributed by atoms with E-state index in [0.717, 1.165) is 17.1 Å². The molecule has 0 bridgehead atoms. The Balaban J connectivity index is 1.86. The molecule has 0 saturated carbocycles. The van der Waals surface area contributed by atoms with Gasteiger partial charge in [-0.15, -0.1) is 11.3 Å². The van der Waals surface area contributed by atoms with Gasteiger partial charge in [-0.3, -0.25) is 4.79 Å². The van der Waals surface area contributed by atoms with Gasteiger partial charge < -0.3 is 4.90 Å². The van der Waals surface area contributed by atoms with Crippen molar-refractivity contribution in [3.8, 4) is 0 Å². The van der Waals surface area contributed by atoms with Crippen LogP contribution in [0.3, 0.4) is 0 Å². The molecule has 1 aliphatic heterocycles. The molecule has 0 spiro atoms. The number of likely N-dealkylation sites (tertiary alicyclic amines) is 1. The maximum absolute atomic E-state index is 11.8. The number of primary sulfonamides is 1. The first-order valence-electron chi connectivity index (χ1n) is 6.59. The summed E-state index contributed by atoms with van der Waals surface area (Å²) in [4.78, 5) is 18.0. The molecule has 112 valence electrons. The average Bonchev–Trinajstić information content (AvgIpc) is 2.91. The normalized spacial score (nSPS) is 19.8. The Bertz CT molecular complexity index is 583. The van der Waals surface area contributed by atoms with Crippen molar-refractivity contribution >= 4 is 27.3 Å². The van der Waals surface area contributed by atoms with Crippen LogP contribution in [-0.2, 0) is 27.7 Å². The minimum absolute atomic E-state index is 0.00425. The van der Waals surface area contributed by atoms with Gasteiger partial charge in [0.25, 0.3) is 0 Å². The zero-order chi connectivity index (χ0) is 14.8. The van der Waals surface area contributed by atoms with Gasteiger partial charge in [0.1, 0.15) is 0 Å². The molecule has 1 aliphatic rings. The van der Waals surface area contributed by atoms with Crippen molar-refractivity contribution in [1.29, 1.82) is 0 Å². The van der Waals surface area contributed by atoms with Crippen molar-refractivity contribution < 1.29 is 13.2 Å². The summed E-state index contributed by atoms with van der Waals surface area (Å²) in [5.74, 6) is -0.296.